The molecule has 1 aromatic carbocycles. The fourth-order valence-corrected chi connectivity index (χ4v) is 2.03. The fourth-order valence-electron chi connectivity index (χ4n) is 2.03. The molecule has 2 amide bonds. The van der Waals surface area contributed by atoms with Crippen LogP contribution in [0.25, 0.3) is 0 Å². The second kappa shape index (κ2) is 7.25. The van der Waals surface area contributed by atoms with Gasteiger partial charge in [0.25, 0.3) is 5.91 Å². The minimum Gasteiger partial charge on any atom is -0.359 e. The van der Waals surface area contributed by atoms with E-state index in [4.69, 9.17) is 0 Å². The number of hydrogen-bond acceptors (Lipinski definition) is 2. The maximum atomic E-state index is 12.3. The third-order valence-corrected chi connectivity index (χ3v) is 3.52. The lowest BCUT2D eigenvalue weighted by molar-refractivity contribution is -0.121. The van der Waals surface area contributed by atoms with Gasteiger partial charge in [0.05, 0.1) is 0 Å². The van der Waals surface area contributed by atoms with Crippen molar-refractivity contribution in [2.24, 2.45) is 0 Å². The number of benzene rings is 1. The standard InChI is InChI=1S/C17H26N2O2/c1-12(2)13-7-6-8-14(11-13)16(21)19-17(3,4)10-9-15(20)18-5/h6-8,11-12H,9-10H2,1-5H3,(H,18,20)(H,19,21). The molecule has 4 heteroatoms. The first kappa shape index (κ1) is 17.2. The van der Waals surface area contributed by atoms with Crippen molar-refractivity contribution >= 4 is 11.8 Å². The monoisotopic (exact) mass is 290 g/mol. The first-order valence-corrected chi connectivity index (χ1v) is 7.38. The fraction of sp³-hybridized carbons (Fsp3) is 0.529. The van der Waals surface area contributed by atoms with E-state index >= 15 is 0 Å². The first-order valence-electron chi connectivity index (χ1n) is 7.38. The Hall–Kier alpha value is -1.84. The highest BCUT2D eigenvalue weighted by atomic mass is 16.2. The Morgan fingerprint density at radius 3 is 2.48 bits per heavy atom. The summed E-state index contributed by atoms with van der Waals surface area (Å²) in [6.07, 6.45) is 0.998. The zero-order valence-corrected chi connectivity index (χ0v) is 13.6. The van der Waals surface area contributed by atoms with Crippen LogP contribution in [-0.2, 0) is 4.79 Å². The van der Waals surface area contributed by atoms with Gasteiger partial charge in [-0.05, 0) is 43.9 Å². The smallest absolute Gasteiger partial charge is 0.251 e. The summed E-state index contributed by atoms with van der Waals surface area (Å²) in [5.41, 5.74) is 1.39. The van der Waals surface area contributed by atoms with Gasteiger partial charge in [-0.1, -0.05) is 26.0 Å². The predicted octanol–water partition coefficient (Wildman–Crippen LogP) is 2.84. The minimum atomic E-state index is -0.419. The highest BCUT2D eigenvalue weighted by Crippen LogP contribution is 2.17. The third kappa shape index (κ3) is 5.58. The summed E-state index contributed by atoms with van der Waals surface area (Å²) < 4.78 is 0. The van der Waals surface area contributed by atoms with E-state index in [-0.39, 0.29) is 11.8 Å². The van der Waals surface area contributed by atoms with E-state index in [1.54, 1.807) is 7.05 Å². The summed E-state index contributed by atoms with van der Waals surface area (Å²) in [5.74, 6) is 0.276. The molecule has 4 nitrogen and oxygen atoms in total. The molecular formula is C17H26N2O2. The third-order valence-electron chi connectivity index (χ3n) is 3.52. The molecule has 0 heterocycles. The molecule has 0 unspecified atom stereocenters. The summed E-state index contributed by atoms with van der Waals surface area (Å²) in [7, 11) is 1.62. The van der Waals surface area contributed by atoms with Gasteiger partial charge in [-0.25, -0.2) is 0 Å². The van der Waals surface area contributed by atoms with Crippen molar-refractivity contribution in [2.75, 3.05) is 7.05 Å². The molecule has 1 rings (SSSR count). The van der Waals surface area contributed by atoms with Crippen LogP contribution in [0.3, 0.4) is 0 Å². The molecule has 21 heavy (non-hydrogen) atoms. The summed E-state index contributed by atoms with van der Waals surface area (Å²) in [5, 5.41) is 5.59. The maximum absolute atomic E-state index is 12.3. The summed E-state index contributed by atoms with van der Waals surface area (Å²) in [6.45, 7) is 8.06. The largest absolute Gasteiger partial charge is 0.359 e. The van der Waals surface area contributed by atoms with E-state index in [0.717, 1.165) is 5.56 Å². The Balaban J connectivity index is 2.71. The highest BCUT2D eigenvalue weighted by Gasteiger charge is 2.22. The number of hydrogen-bond donors (Lipinski definition) is 2. The van der Waals surface area contributed by atoms with Crippen LogP contribution in [0.1, 0.15) is 62.4 Å². The maximum Gasteiger partial charge on any atom is 0.251 e. The molecule has 2 N–H and O–H groups in total. The van der Waals surface area contributed by atoms with Crippen LogP contribution in [0.15, 0.2) is 24.3 Å². The SMILES string of the molecule is CNC(=O)CCC(C)(C)NC(=O)c1cccc(C(C)C)c1. The Labute approximate surface area is 127 Å². The molecule has 0 fully saturated rings. The van der Waals surface area contributed by atoms with E-state index in [0.29, 0.717) is 24.3 Å². The molecule has 0 saturated carbocycles. The lowest BCUT2D eigenvalue weighted by Crippen LogP contribution is -2.44. The van der Waals surface area contributed by atoms with E-state index in [1.165, 1.54) is 0 Å². The van der Waals surface area contributed by atoms with Crippen LogP contribution in [0.5, 0.6) is 0 Å². The molecule has 0 atom stereocenters. The lowest BCUT2D eigenvalue weighted by atomic mass is 9.96. The Morgan fingerprint density at radius 1 is 1.24 bits per heavy atom. The van der Waals surface area contributed by atoms with Gasteiger partial charge < -0.3 is 10.6 Å². The van der Waals surface area contributed by atoms with Gasteiger partial charge >= 0.3 is 0 Å². The molecule has 0 aliphatic heterocycles. The second-order valence-electron chi connectivity index (χ2n) is 6.29. The normalized spacial score (nSPS) is 11.3. The average molecular weight is 290 g/mol. The van der Waals surface area contributed by atoms with Crippen molar-refractivity contribution in [3.63, 3.8) is 0 Å². The van der Waals surface area contributed by atoms with Crippen LogP contribution in [0.2, 0.25) is 0 Å². The number of carbonyl (C=O) groups is 2. The quantitative estimate of drug-likeness (QED) is 0.846. The molecule has 116 valence electrons. The van der Waals surface area contributed by atoms with E-state index in [9.17, 15) is 9.59 Å². The zero-order chi connectivity index (χ0) is 16.0. The Morgan fingerprint density at radius 2 is 1.90 bits per heavy atom. The van der Waals surface area contributed by atoms with Gasteiger partial charge in [0.2, 0.25) is 5.91 Å². The van der Waals surface area contributed by atoms with Crippen LogP contribution in [0.4, 0.5) is 0 Å². The zero-order valence-electron chi connectivity index (χ0n) is 13.6. The van der Waals surface area contributed by atoms with Crippen molar-refractivity contribution in [3.8, 4) is 0 Å². The van der Waals surface area contributed by atoms with Gasteiger partial charge in [-0.2, -0.15) is 0 Å². The van der Waals surface area contributed by atoms with Crippen LogP contribution in [-0.4, -0.2) is 24.4 Å². The second-order valence-corrected chi connectivity index (χ2v) is 6.29. The van der Waals surface area contributed by atoms with Crippen LogP contribution in [0, 0.1) is 0 Å². The lowest BCUT2D eigenvalue weighted by Gasteiger charge is -2.26. The first-order chi connectivity index (χ1) is 9.75. The molecule has 0 aromatic heterocycles. The molecule has 0 bridgehead atoms. The van der Waals surface area contributed by atoms with Crippen molar-refractivity contribution in [3.05, 3.63) is 35.4 Å². The van der Waals surface area contributed by atoms with Gasteiger partial charge in [0, 0.05) is 24.6 Å². The van der Waals surface area contributed by atoms with Crippen molar-refractivity contribution < 1.29 is 9.59 Å². The summed E-state index contributed by atoms with van der Waals surface area (Å²) in [4.78, 5) is 23.6. The van der Waals surface area contributed by atoms with E-state index < -0.39 is 5.54 Å². The summed E-state index contributed by atoms with van der Waals surface area (Å²) in [6, 6.07) is 7.67. The van der Waals surface area contributed by atoms with Gasteiger partial charge in [0.15, 0.2) is 0 Å². The molecule has 0 aliphatic rings. The topological polar surface area (TPSA) is 58.2 Å². The van der Waals surface area contributed by atoms with Crippen molar-refractivity contribution in [2.45, 2.75) is 52.0 Å². The van der Waals surface area contributed by atoms with Crippen LogP contribution < -0.4 is 10.6 Å². The molecule has 0 radical (unpaired) electrons. The number of amides is 2. The Bertz CT molecular complexity index is 507. The molecular weight excluding hydrogens is 264 g/mol. The highest BCUT2D eigenvalue weighted by molar-refractivity contribution is 5.94. The number of nitrogens with one attached hydrogen (secondary N) is 2. The van der Waals surface area contributed by atoms with E-state index in [2.05, 4.69) is 24.5 Å². The van der Waals surface area contributed by atoms with Gasteiger partial charge in [-0.3, -0.25) is 9.59 Å². The van der Waals surface area contributed by atoms with Gasteiger partial charge in [0.1, 0.15) is 0 Å². The number of rotatable bonds is 6. The van der Waals surface area contributed by atoms with Crippen LogP contribution >= 0.6 is 0 Å². The van der Waals surface area contributed by atoms with Crippen molar-refractivity contribution in [1.29, 1.82) is 0 Å². The van der Waals surface area contributed by atoms with Gasteiger partial charge in [-0.15, -0.1) is 0 Å². The van der Waals surface area contributed by atoms with Crippen molar-refractivity contribution in [1.82, 2.24) is 10.6 Å². The van der Waals surface area contributed by atoms with E-state index in [1.807, 2.05) is 38.1 Å². The summed E-state index contributed by atoms with van der Waals surface area (Å²) >= 11 is 0. The average Bonchev–Trinajstić information content (AvgIpc) is 2.44. The Kier molecular flexibility index (Phi) is 5.94. The molecule has 1 aromatic rings. The molecule has 0 saturated heterocycles. The molecule has 0 spiro atoms. The predicted molar refractivity (Wildman–Crippen MR) is 85.4 cm³/mol. The molecule has 0 aliphatic carbocycles. The minimum absolute atomic E-state index is 0.0147. The number of carbonyl (C=O) groups excluding carboxylic acids is 2.